The van der Waals surface area contributed by atoms with Crippen molar-refractivity contribution in [2.45, 2.75) is 12.8 Å². The topological polar surface area (TPSA) is 74.9 Å². The number of carbonyl (C=O) groups is 2. The molecule has 0 bridgehead atoms. The average molecular weight is 355 g/mol. The third-order valence-corrected chi connectivity index (χ3v) is 4.78. The highest BCUT2D eigenvalue weighted by Gasteiger charge is 2.24. The first-order valence-corrected chi connectivity index (χ1v) is 8.75. The molecule has 2 aliphatic rings. The molecular formula is C19H21N3O4. The maximum Gasteiger partial charge on any atom is 0.231 e. The van der Waals surface area contributed by atoms with Crippen LogP contribution in [-0.2, 0) is 22.4 Å². The van der Waals surface area contributed by atoms with Gasteiger partial charge in [-0.05, 0) is 29.8 Å². The number of amides is 2. The van der Waals surface area contributed by atoms with E-state index in [1.807, 2.05) is 46.3 Å². The van der Waals surface area contributed by atoms with Crippen LogP contribution in [0.2, 0.25) is 0 Å². The van der Waals surface area contributed by atoms with Gasteiger partial charge in [0.25, 0.3) is 0 Å². The number of nitrogens with zero attached hydrogens (tertiary/aromatic N) is 2. The quantitative estimate of drug-likeness (QED) is 0.894. The summed E-state index contributed by atoms with van der Waals surface area (Å²) in [6, 6.07) is 9.37. The smallest absolute Gasteiger partial charge is 0.231 e. The van der Waals surface area contributed by atoms with Gasteiger partial charge < -0.3 is 24.3 Å². The highest BCUT2D eigenvalue weighted by Crippen LogP contribution is 2.32. The van der Waals surface area contributed by atoms with E-state index in [0.29, 0.717) is 44.8 Å². The molecule has 2 aromatic rings. The molecule has 1 N–H and O–H groups in total. The molecule has 4 rings (SSSR count). The second kappa shape index (κ2) is 7.11. The first-order valence-electron chi connectivity index (χ1n) is 8.75. The number of rotatable bonds is 4. The largest absolute Gasteiger partial charge is 0.454 e. The number of benzene rings is 1. The Balaban J connectivity index is 1.28. The van der Waals surface area contributed by atoms with Crippen molar-refractivity contribution < 1.29 is 19.1 Å². The molecule has 1 fully saturated rings. The van der Waals surface area contributed by atoms with Gasteiger partial charge >= 0.3 is 0 Å². The Hall–Kier alpha value is -2.96. The van der Waals surface area contributed by atoms with E-state index in [2.05, 4.69) is 4.98 Å². The summed E-state index contributed by atoms with van der Waals surface area (Å²) in [7, 11) is 0. The highest BCUT2D eigenvalue weighted by atomic mass is 16.7. The molecule has 0 atom stereocenters. The third-order valence-electron chi connectivity index (χ3n) is 4.78. The molecule has 0 unspecified atom stereocenters. The molecule has 7 nitrogen and oxygen atoms in total. The Bertz CT molecular complexity index is 795. The van der Waals surface area contributed by atoms with Gasteiger partial charge in [-0.15, -0.1) is 0 Å². The number of hydrogen-bond donors (Lipinski definition) is 1. The Morgan fingerprint density at radius 2 is 1.62 bits per heavy atom. The van der Waals surface area contributed by atoms with Crippen LogP contribution in [0.5, 0.6) is 11.5 Å². The number of aromatic amines is 1. The maximum absolute atomic E-state index is 12.5. The van der Waals surface area contributed by atoms with Gasteiger partial charge in [-0.3, -0.25) is 9.59 Å². The number of ether oxygens (including phenoxy) is 2. The van der Waals surface area contributed by atoms with Crippen LogP contribution in [-0.4, -0.2) is 59.6 Å². The predicted octanol–water partition coefficient (Wildman–Crippen LogP) is 1.20. The van der Waals surface area contributed by atoms with Crippen LogP contribution in [0.3, 0.4) is 0 Å². The van der Waals surface area contributed by atoms with Crippen molar-refractivity contribution >= 4 is 11.8 Å². The van der Waals surface area contributed by atoms with Crippen LogP contribution in [0.4, 0.5) is 0 Å². The molecule has 26 heavy (non-hydrogen) atoms. The van der Waals surface area contributed by atoms with Crippen LogP contribution < -0.4 is 9.47 Å². The molecule has 2 amide bonds. The fourth-order valence-corrected chi connectivity index (χ4v) is 3.29. The van der Waals surface area contributed by atoms with Crippen LogP contribution in [0, 0.1) is 0 Å². The van der Waals surface area contributed by atoms with E-state index in [0.717, 1.165) is 17.0 Å². The first kappa shape index (κ1) is 16.5. The van der Waals surface area contributed by atoms with Gasteiger partial charge in [0.05, 0.1) is 12.8 Å². The summed E-state index contributed by atoms with van der Waals surface area (Å²) in [6.45, 7) is 2.52. The van der Waals surface area contributed by atoms with E-state index in [4.69, 9.17) is 9.47 Å². The van der Waals surface area contributed by atoms with E-state index in [-0.39, 0.29) is 18.6 Å². The van der Waals surface area contributed by atoms with Crippen molar-refractivity contribution in [2.24, 2.45) is 0 Å². The number of carbonyl (C=O) groups excluding carboxylic acids is 2. The molecule has 1 saturated heterocycles. The van der Waals surface area contributed by atoms with Crippen molar-refractivity contribution in [2.75, 3.05) is 33.0 Å². The second-order valence-corrected chi connectivity index (χ2v) is 6.50. The molecule has 0 aliphatic carbocycles. The SMILES string of the molecule is O=C(Cc1ccc2c(c1)OCO2)N1CCN(C(=O)Cc2ccc[nH]2)CC1. The Labute approximate surface area is 151 Å². The standard InChI is InChI=1S/C19H21N3O4/c23-18(11-14-3-4-16-17(10-14)26-13-25-16)21-6-8-22(9-7-21)19(24)12-15-2-1-5-20-15/h1-5,10,20H,6-9,11-13H2. The minimum absolute atomic E-state index is 0.0698. The van der Waals surface area contributed by atoms with Crippen molar-refractivity contribution in [3.63, 3.8) is 0 Å². The zero-order chi connectivity index (χ0) is 17.9. The Morgan fingerprint density at radius 3 is 2.31 bits per heavy atom. The lowest BCUT2D eigenvalue weighted by molar-refractivity contribution is -0.138. The van der Waals surface area contributed by atoms with Crippen molar-refractivity contribution in [1.82, 2.24) is 14.8 Å². The van der Waals surface area contributed by atoms with Gasteiger partial charge in [-0.25, -0.2) is 0 Å². The van der Waals surface area contributed by atoms with Crippen LogP contribution >= 0.6 is 0 Å². The lowest BCUT2D eigenvalue weighted by Gasteiger charge is -2.35. The predicted molar refractivity (Wildman–Crippen MR) is 93.9 cm³/mol. The zero-order valence-corrected chi connectivity index (χ0v) is 14.4. The molecule has 0 radical (unpaired) electrons. The molecular weight excluding hydrogens is 334 g/mol. The van der Waals surface area contributed by atoms with Crippen molar-refractivity contribution in [3.05, 3.63) is 47.8 Å². The molecule has 1 aromatic carbocycles. The van der Waals surface area contributed by atoms with E-state index in [1.165, 1.54) is 0 Å². The zero-order valence-electron chi connectivity index (χ0n) is 14.4. The molecule has 3 heterocycles. The Kier molecular flexibility index (Phi) is 4.51. The van der Waals surface area contributed by atoms with E-state index >= 15 is 0 Å². The number of piperazine rings is 1. The summed E-state index contributed by atoms with van der Waals surface area (Å²) in [5.41, 5.74) is 1.82. The van der Waals surface area contributed by atoms with Gasteiger partial charge in [-0.1, -0.05) is 6.07 Å². The minimum atomic E-state index is 0.0698. The van der Waals surface area contributed by atoms with E-state index in [1.54, 1.807) is 0 Å². The number of hydrogen-bond acceptors (Lipinski definition) is 4. The van der Waals surface area contributed by atoms with Crippen LogP contribution in [0.25, 0.3) is 0 Å². The summed E-state index contributed by atoms with van der Waals surface area (Å²) in [4.78, 5) is 31.6. The second-order valence-electron chi connectivity index (χ2n) is 6.50. The summed E-state index contributed by atoms with van der Waals surface area (Å²) in [5, 5.41) is 0. The van der Waals surface area contributed by atoms with E-state index < -0.39 is 0 Å². The number of H-pyrrole nitrogens is 1. The number of aromatic nitrogens is 1. The van der Waals surface area contributed by atoms with E-state index in [9.17, 15) is 9.59 Å². The molecule has 0 spiro atoms. The van der Waals surface area contributed by atoms with Gasteiger partial charge in [-0.2, -0.15) is 0 Å². The molecule has 0 saturated carbocycles. The third kappa shape index (κ3) is 3.51. The first-order chi connectivity index (χ1) is 12.7. The number of fused-ring (bicyclic) bond motifs is 1. The lowest BCUT2D eigenvalue weighted by atomic mass is 10.1. The summed E-state index contributed by atoms with van der Waals surface area (Å²) >= 11 is 0. The highest BCUT2D eigenvalue weighted by molar-refractivity contribution is 5.81. The normalized spacial score (nSPS) is 16.0. The van der Waals surface area contributed by atoms with Crippen LogP contribution in [0.1, 0.15) is 11.3 Å². The Morgan fingerprint density at radius 1 is 0.923 bits per heavy atom. The fourth-order valence-electron chi connectivity index (χ4n) is 3.29. The van der Waals surface area contributed by atoms with Gasteiger partial charge in [0.2, 0.25) is 18.6 Å². The van der Waals surface area contributed by atoms with Gasteiger partial charge in [0.15, 0.2) is 11.5 Å². The summed E-state index contributed by atoms with van der Waals surface area (Å²) in [5.74, 6) is 1.57. The monoisotopic (exact) mass is 355 g/mol. The van der Waals surface area contributed by atoms with Crippen molar-refractivity contribution in [1.29, 1.82) is 0 Å². The fraction of sp³-hybridized carbons (Fsp3) is 0.368. The average Bonchev–Trinajstić information content (AvgIpc) is 3.33. The van der Waals surface area contributed by atoms with Crippen molar-refractivity contribution in [3.8, 4) is 11.5 Å². The summed E-state index contributed by atoms with van der Waals surface area (Å²) in [6.07, 6.45) is 2.51. The minimum Gasteiger partial charge on any atom is -0.454 e. The van der Waals surface area contributed by atoms with Gasteiger partial charge in [0.1, 0.15) is 0 Å². The summed E-state index contributed by atoms with van der Waals surface area (Å²) < 4.78 is 10.6. The molecule has 7 heteroatoms. The maximum atomic E-state index is 12.5. The molecule has 1 aromatic heterocycles. The number of nitrogens with one attached hydrogen (secondary N) is 1. The molecule has 2 aliphatic heterocycles. The van der Waals surface area contributed by atoms with Gasteiger partial charge in [0, 0.05) is 38.1 Å². The van der Waals surface area contributed by atoms with Crippen LogP contribution in [0.15, 0.2) is 36.5 Å². The lowest BCUT2D eigenvalue weighted by Crippen LogP contribution is -2.51. The molecule has 136 valence electrons.